The van der Waals surface area contributed by atoms with Crippen LogP contribution in [0, 0.1) is 0 Å². The second-order valence-electron chi connectivity index (χ2n) is 3.91. The minimum Gasteiger partial charge on any atom is -0.352 e. The number of nitrogens with zero attached hydrogens (tertiary/aromatic N) is 1. The molecule has 1 aromatic rings. The Labute approximate surface area is 91.0 Å². The molecule has 0 unspecified atom stereocenters. The summed E-state index contributed by atoms with van der Waals surface area (Å²) in [5.41, 5.74) is 0.696. The Morgan fingerprint density at radius 3 is 2.27 bits per heavy atom. The van der Waals surface area contributed by atoms with Gasteiger partial charge in [-0.3, -0.25) is 4.79 Å². The minimum atomic E-state index is -0.247. The molecule has 0 atom stereocenters. The molecular formula is C11H20N2O2. The predicted octanol–water partition coefficient (Wildman–Crippen LogP) is 2.36. The molecule has 4 heteroatoms. The largest absolute Gasteiger partial charge is 0.352 e. The molecule has 0 radical (unpaired) electrons. The maximum Gasteiger partial charge on any atom is 0.289 e. The van der Waals surface area contributed by atoms with Crippen LogP contribution >= 0.6 is 0 Å². The van der Waals surface area contributed by atoms with Crippen molar-refractivity contribution in [2.24, 2.45) is 0 Å². The van der Waals surface area contributed by atoms with Crippen molar-refractivity contribution >= 4 is 5.91 Å². The van der Waals surface area contributed by atoms with Crippen LogP contribution in [0.1, 0.15) is 50.9 Å². The van der Waals surface area contributed by atoms with Crippen molar-refractivity contribution in [3.05, 3.63) is 17.5 Å². The molecule has 15 heavy (non-hydrogen) atoms. The van der Waals surface area contributed by atoms with Gasteiger partial charge in [0, 0.05) is 18.5 Å². The van der Waals surface area contributed by atoms with Gasteiger partial charge in [-0.15, -0.1) is 0 Å². The molecule has 0 saturated carbocycles. The topological polar surface area (TPSA) is 55.1 Å². The third-order valence-electron chi connectivity index (χ3n) is 1.73. The van der Waals surface area contributed by atoms with Crippen LogP contribution in [0.3, 0.4) is 0 Å². The molecule has 1 rings (SSSR count). The van der Waals surface area contributed by atoms with E-state index in [1.807, 2.05) is 34.6 Å². The Hall–Kier alpha value is -1.32. The normalized spacial score (nSPS) is 10.3. The fraction of sp³-hybridized carbons (Fsp3) is 0.636. The van der Waals surface area contributed by atoms with E-state index >= 15 is 0 Å². The van der Waals surface area contributed by atoms with Gasteiger partial charge >= 0.3 is 0 Å². The van der Waals surface area contributed by atoms with E-state index in [0.717, 1.165) is 5.69 Å². The number of hydrogen-bond acceptors (Lipinski definition) is 3. The molecule has 0 saturated heterocycles. The third kappa shape index (κ3) is 3.73. The SMILES string of the molecule is CC.CNC(=O)c1cc(C(C)(C)C)no1. The molecular weight excluding hydrogens is 192 g/mol. The van der Waals surface area contributed by atoms with Gasteiger partial charge in [0.05, 0.1) is 5.69 Å². The molecule has 1 N–H and O–H groups in total. The molecule has 0 aromatic carbocycles. The first kappa shape index (κ1) is 13.7. The molecule has 0 spiro atoms. The van der Waals surface area contributed by atoms with Crippen LogP contribution in [-0.2, 0) is 5.41 Å². The zero-order valence-electron chi connectivity index (χ0n) is 10.3. The molecule has 1 aromatic heterocycles. The highest BCUT2D eigenvalue weighted by Crippen LogP contribution is 2.21. The van der Waals surface area contributed by atoms with E-state index < -0.39 is 0 Å². The molecule has 0 fully saturated rings. The average Bonchev–Trinajstić information content (AvgIpc) is 2.68. The number of nitrogens with one attached hydrogen (secondary N) is 1. The monoisotopic (exact) mass is 212 g/mol. The van der Waals surface area contributed by atoms with Gasteiger partial charge < -0.3 is 9.84 Å². The molecule has 1 amide bonds. The Morgan fingerprint density at radius 1 is 1.40 bits per heavy atom. The van der Waals surface area contributed by atoms with Crippen molar-refractivity contribution in [2.45, 2.75) is 40.0 Å². The van der Waals surface area contributed by atoms with E-state index in [0.29, 0.717) is 0 Å². The van der Waals surface area contributed by atoms with Crippen LogP contribution in [0.5, 0.6) is 0 Å². The van der Waals surface area contributed by atoms with E-state index in [2.05, 4.69) is 10.5 Å². The summed E-state index contributed by atoms with van der Waals surface area (Å²) in [4.78, 5) is 11.1. The minimum absolute atomic E-state index is 0.0875. The van der Waals surface area contributed by atoms with E-state index in [1.54, 1.807) is 13.1 Å². The quantitative estimate of drug-likeness (QED) is 0.777. The maximum atomic E-state index is 11.1. The van der Waals surface area contributed by atoms with Crippen molar-refractivity contribution in [3.63, 3.8) is 0 Å². The first-order valence-electron chi connectivity index (χ1n) is 5.14. The number of carbonyl (C=O) groups excluding carboxylic acids is 1. The van der Waals surface area contributed by atoms with Crippen LogP contribution in [0.15, 0.2) is 10.6 Å². The molecule has 0 bridgehead atoms. The Bertz CT molecular complexity index is 311. The van der Waals surface area contributed by atoms with Gasteiger partial charge in [-0.2, -0.15) is 0 Å². The average molecular weight is 212 g/mol. The number of hydrogen-bond donors (Lipinski definition) is 1. The number of carbonyl (C=O) groups is 1. The maximum absolute atomic E-state index is 11.1. The summed E-state index contributed by atoms with van der Waals surface area (Å²) in [7, 11) is 1.56. The van der Waals surface area contributed by atoms with Gasteiger partial charge in [0.1, 0.15) is 0 Å². The van der Waals surface area contributed by atoms with E-state index in [9.17, 15) is 4.79 Å². The first-order valence-corrected chi connectivity index (χ1v) is 5.14. The summed E-state index contributed by atoms with van der Waals surface area (Å²) < 4.78 is 4.88. The Balaban J connectivity index is 0.000000921. The Kier molecular flexibility index (Phi) is 5.05. The highest BCUT2D eigenvalue weighted by molar-refractivity contribution is 5.91. The molecule has 4 nitrogen and oxygen atoms in total. The lowest BCUT2D eigenvalue weighted by atomic mass is 9.92. The summed E-state index contributed by atoms with van der Waals surface area (Å²) in [6.45, 7) is 10.0. The van der Waals surface area contributed by atoms with Gasteiger partial charge in [0.2, 0.25) is 5.76 Å². The van der Waals surface area contributed by atoms with Crippen molar-refractivity contribution in [2.75, 3.05) is 7.05 Å². The summed E-state index contributed by atoms with van der Waals surface area (Å²) in [5, 5.41) is 6.29. The van der Waals surface area contributed by atoms with E-state index in [4.69, 9.17) is 4.52 Å². The second-order valence-corrected chi connectivity index (χ2v) is 3.91. The van der Waals surface area contributed by atoms with Crippen molar-refractivity contribution in [1.29, 1.82) is 0 Å². The number of rotatable bonds is 1. The van der Waals surface area contributed by atoms with Crippen LogP contribution in [-0.4, -0.2) is 18.1 Å². The first-order chi connectivity index (χ1) is 6.95. The highest BCUT2D eigenvalue weighted by atomic mass is 16.5. The van der Waals surface area contributed by atoms with Gasteiger partial charge in [0.15, 0.2) is 0 Å². The van der Waals surface area contributed by atoms with Crippen molar-refractivity contribution < 1.29 is 9.32 Å². The summed E-state index contributed by atoms with van der Waals surface area (Å²) in [5.74, 6) is 0.00965. The number of aromatic nitrogens is 1. The van der Waals surface area contributed by atoms with Crippen LogP contribution < -0.4 is 5.32 Å². The number of amides is 1. The second kappa shape index (κ2) is 5.53. The van der Waals surface area contributed by atoms with Crippen molar-refractivity contribution in [1.82, 2.24) is 10.5 Å². The Morgan fingerprint density at radius 2 is 1.93 bits per heavy atom. The summed E-state index contributed by atoms with van der Waals surface area (Å²) >= 11 is 0. The van der Waals surface area contributed by atoms with Crippen molar-refractivity contribution in [3.8, 4) is 0 Å². The van der Waals surface area contributed by atoms with E-state index in [1.165, 1.54) is 0 Å². The standard InChI is InChI=1S/C9H14N2O2.C2H6/c1-9(2,3)7-5-6(13-11-7)8(12)10-4;1-2/h5H,1-4H3,(H,10,12);1-2H3. The van der Waals surface area contributed by atoms with Gasteiger partial charge in [-0.25, -0.2) is 0 Å². The lowest BCUT2D eigenvalue weighted by molar-refractivity contribution is 0.0926. The van der Waals surface area contributed by atoms with E-state index in [-0.39, 0.29) is 17.1 Å². The predicted molar refractivity (Wildman–Crippen MR) is 59.9 cm³/mol. The lowest BCUT2D eigenvalue weighted by Crippen LogP contribution is -2.17. The lowest BCUT2D eigenvalue weighted by Gasteiger charge is -2.12. The molecule has 1 heterocycles. The molecule has 0 aliphatic rings. The summed E-state index contributed by atoms with van der Waals surface area (Å²) in [6, 6.07) is 1.67. The van der Waals surface area contributed by atoms with Crippen LogP contribution in [0.25, 0.3) is 0 Å². The van der Waals surface area contributed by atoms with Gasteiger partial charge in [-0.1, -0.05) is 39.8 Å². The molecule has 86 valence electrons. The fourth-order valence-electron chi connectivity index (χ4n) is 0.859. The fourth-order valence-corrected chi connectivity index (χ4v) is 0.859. The third-order valence-corrected chi connectivity index (χ3v) is 1.73. The van der Waals surface area contributed by atoms with Crippen LogP contribution in [0.4, 0.5) is 0 Å². The molecule has 0 aliphatic heterocycles. The summed E-state index contributed by atoms with van der Waals surface area (Å²) in [6.07, 6.45) is 0. The highest BCUT2D eigenvalue weighted by Gasteiger charge is 2.20. The van der Waals surface area contributed by atoms with Crippen LogP contribution in [0.2, 0.25) is 0 Å². The molecule has 0 aliphatic carbocycles. The smallest absolute Gasteiger partial charge is 0.289 e. The zero-order chi connectivity index (χ0) is 12.1. The van der Waals surface area contributed by atoms with Gasteiger partial charge in [-0.05, 0) is 0 Å². The zero-order valence-corrected chi connectivity index (χ0v) is 10.3. The van der Waals surface area contributed by atoms with Gasteiger partial charge in [0.25, 0.3) is 5.91 Å².